The van der Waals surface area contributed by atoms with E-state index >= 15 is 0 Å². The van der Waals surface area contributed by atoms with Gasteiger partial charge in [-0.3, -0.25) is 14.7 Å². The van der Waals surface area contributed by atoms with Crippen LogP contribution in [0.2, 0.25) is 5.02 Å². The van der Waals surface area contributed by atoms with Gasteiger partial charge in [0.2, 0.25) is 0 Å². The topological polar surface area (TPSA) is 114 Å². The van der Waals surface area contributed by atoms with Gasteiger partial charge in [0.15, 0.2) is 6.29 Å². The number of aliphatic hydroxyl groups is 1. The molecule has 3 aromatic carbocycles. The van der Waals surface area contributed by atoms with Crippen LogP contribution in [0.1, 0.15) is 44.6 Å². The minimum atomic E-state index is -0.109. The molecule has 244 valence electrons. The average Bonchev–Trinajstić information content (AvgIpc) is 3.10. The first-order chi connectivity index (χ1) is 22.9. The summed E-state index contributed by atoms with van der Waals surface area (Å²) in [4.78, 5) is 18.1. The predicted octanol–water partition coefficient (Wildman–Crippen LogP) is 6.32. The van der Waals surface area contributed by atoms with E-state index in [-0.39, 0.29) is 25.9 Å². The van der Waals surface area contributed by atoms with E-state index in [4.69, 9.17) is 35.8 Å². The Hall–Kier alpha value is -4.46. The minimum Gasteiger partial charge on any atom is -0.493 e. The number of pyridine rings is 1. The van der Waals surface area contributed by atoms with Crippen LogP contribution in [0.5, 0.6) is 17.2 Å². The molecule has 0 saturated carbocycles. The Morgan fingerprint density at radius 1 is 1.02 bits per heavy atom. The van der Waals surface area contributed by atoms with Gasteiger partial charge >= 0.3 is 0 Å². The number of halogens is 1. The Bertz CT molecular complexity index is 1740. The lowest BCUT2D eigenvalue weighted by Crippen LogP contribution is -2.44. The van der Waals surface area contributed by atoms with Crippen molar-refractivity contribution in [3.63, 3.8) is 0 Å². The van der Waals surface area contributed by atoms with E-state index in [0.29, 0.717) is 52.7 Å². The Balaban J connectivity index is 1.24. The van der Waals surface area contributed by atoms with Crippen molar-refractivity contribution >= 4 is 17.9 Å². The number of hydrogen-bond acceptors (Lipinski definition) is 9. The highest BCUT2D eigenvalue weighted by molar-refractivity contribution is 6.32. The molecular formula is C37H38ClN3O6. The maximum Gasteiger partial charge on any atom is 0.153 e. The highest BCUT2D eigenvalue weighted by Crippen LogP contribution is 2.36. The van der Waals surface area contributed by atoms with Gasteiger partial charge in [-0.05, 0) is 66.3 Å². The Morgan fingerprint density at radius 3 is 2.60 bits per heavy atom. The van der Waals surface area contributed by atoms with Gasteiger partial charge in [0, 0.05) is 43.7 Å². The summed E-state index contributed by atoms with van der Waals surface area (Å²) in [5.74, 6) is 1.55. The van der Waals surface area contributed by atoms with Crippen molar-refractivity contribution < 1.29 is 28.8 Å². The lowest BCUT2D eigenvalue weighted by atomic mass is 9.93. The molecule has 1 N–H and O–H groups in total. The van der Waals surface area contributed by atoms with Crippen molar-refractivity contribution in [3.8, 4) is 34.4 Å². The summed E-state index contributed by atoms with van der Waals surface area (Å²) in [5, 5.41) is 18.8. The molecule has 1 aromatic heterocycles. The van der Waals surface area contributed by atoms with Crippen LogP contribution in [0.15, 0.2) is 67.0 Å². The smallest absolute Gasteiger partial charge is 0.153 e. The minimum absolute atomic E-state index is 0.0452. The van der Waals surface area contributed by atoms with Crippen LogP contribution >= 0.6 is 11.6 Å². The fourth-order valence-corrected chi connectivity index (χ4v) is 5.81. The number of aromatic nitrogens is 1. The number of rotatable bonds is 14. The third kappa shape index (κ3) is 8.67. The SMILES string of the molecule is Cc1c(COc2cc(OCc3cncc(C#N)c3)c(C=O)cc2Cl)cccc1-c1cccc(OCCCN2CCOC(CO)C2)c1C. The summed E-state index contributed by atoms with van der Waals surface area (Å²) in [5.41, 5.74) is 6.69. The van der Waals surface area contributed by atoms with Crippen molar-refractivity contribution in [1.82, 2.24) is 9.88 Å². The van der Waals surface area contributed by atoms with Crippen molar-refractivity contribution in [2.24, 2.45) is 0 Å². The third-order valence-corrected chi connectivity index (χ3v) is 8.51. The zero-order chi connectivity index (χ0) is 33.2. The molecule has 0 bridgehead atoms. The molecule has 10 heteroatoms. The molecule has 1 saturated heterocycles. The summed E-state index contributed by atoms with van der Waals surface area (Å²) in [6, 6.07) is 19.1. The Labute approximate surface area is 280 Å². The molecule has 0 aliphatic carbocycles. The summed E-state index contributed by atoms with van der Waals surface area (Å²) >= 11 is 6.50. The highest BCUT2D eigenvalue weighted by Gasteiger charge is 2.19. The monoisotopic (exact) mass is 655 g/mol. The summed E-state index contributed by atoms with van der Waals surface area (Å²) in [6.45, 7) is 8.29. The number of carbonyl (C=O) groups is 1. The van der Waals surface area contributed by atoms with E-state index in [9.17, 15) is 9.90 Å². The fourth-order valence-electron chi connectivity index (χ4n) is 5.58. The van der Waals surface area contributed by atoms with Gasteiger partial charge in [0.05, 0.1) is 42.1 Å². The van der Waals surface area contributed by atoms with E-state index < -0.39 is 0 Å². The number of nitrogens with zero attached hydrogens (tertiary/aromatic N) is 3. The van der Waals surface area contributed by atoms with E-state index in [1.54, 1.807) is 18.3 Å². The van der Waals surface area contributed by atoms with E-state index in [2.05, 4.69) is 41.9 Å². The Morgan fingerprint density at radius 2 is 1.81 bits per heavy atom. The molecular weight excluding hydrogens is 618 g/mol. The number of hydrogen-bond donors (Lipinski definition) is 1. The normalized spacial score (nSPS) is 14.7. The molecule has 4 aromatic rings. The number of morpholine rings is 1. The molecule has 5 rings (SSSR count). The van der Waals surface area contributed by atoms with Gasteiger partial charge < -0.3 is 24.1 Å². The third-order valence-electron chi connectivity index (χ3n) is 8.22. The molecule has 1 unspecified atom stereocenters. The second-order valence-electron chi connectivity index (χ2n) is 11.4. The van der Waals surface area contributed by atoms with E-state index in [1.165, 1.54) is 12.3 Å². The van der Waals surface area contributed by atoms with Crippen molar-refractivity contribution in [2.45, 2.75) is 39.6 Å². The number of nitriles is 1. The lowest BCUT2D eigenvalue weighted by Gasteiger charge is -2.31. The molecule has 0 radical (unpaired) electrons. The van der Waals surface area contributed by atoms with Crippen molar-refractivity contribution in [3.05, 3.63) is 105 Å². The highest BCUT2D eigenvalue weighted by atomic mass is 35.5. The molecule has 0 spiro atoms. The van der Waals surface area contributed by atoms with Gasteiger partial charge in [-0.25, -0.2) is 0 Å². The maximum absolute atomic E-state index is 11.8. The molecule has 9 nitrogen and oxygen atoms in total. The zero-order valence-corrected chi connectivity index (χ0v) is 27.3. The van der Waals surface area contributed by atoms with Crippen LogP contribution in [0.25, 0.3) is 11.1 Å². The van der Waals surface area contributed by atoms with Crippen molar-refractivity contribution in [2.75, 3.05) is 39.5 Å². The van der Waals surface area contributed by atoms with Gasteiger partial charge in [-0.2, -0.15) is 5.26 Å². The first-order valence-corrected chi connectivity index (χ1v) is 15.9. The number of aldehydes is 1. The van der Waals surface area contributed by atoms with E-state index in [1.807, 2.05) is 24.3 Å². The molecule has 1 fully saturated rings. The molecule has 1 aliphatic heterocycles. The second-order valence-corrected chi connectivity index (χ2v) is 11.8. The molecule has 47 heavy (non-hydrogen) atoms. The Kier molecular flexibility index (Phi) is 11.8. The number of carbonyl (C=O) groups excluding carboxylic acids is 1. The van der Waals surface area contributed by atoms with Gasteiger partial charge in [0.1, 0.15) is 36.5 Å². The standard InChI is InChI=1S/C37H38ClN3O6/c1-25-29(24-47-37-16-36(30(21-42)15-34(37)38)46-23-28-14-27(17-39)18-40-19-28)6-3-7-32(25)33-8-4-9-35(26(33)2)45-12-5-10-41-11-13-44-31(20-41)22-43/h3-4,6-9,14-16,18-19,21,31,43H,5,10-13,20,22-24H2,1-2H3. The van der Waals surface area contributed by atoms with Crippen LogP contribution in [-0.4, -0.2) is 66.8 Å². The van der Waals surface area contributed by atoms with Crippen LogP contribution < -0.4 is 14.2 Å². The lowest BCUT2D eigenvalue weighted by molar-refractivity contribution is -0.0533. The second kappa shape index (κ2) is 16.4. The summed E-state index contributed by atoms with van der Waals surface area (Å²) in [7, 11) is 0. The van der Waals surface area contributed by atoms with Gasteiger partial charge in [0.25, 0.3) is 0 Å². The number of benzene rings is 3. The van der Waals surface area contributed by atoms with E-state index in [0.717, 1.165) is 59.6 Å². The largest absolute Gasteiger partial charge is 0.493 e. The molecule has 0 amide bonds. The van der Waals surface area contributed by atoms with Gasteiger partial charge in [-0.15, -0.1) is 0 Å². The summed E-state index contributed by atoms with van der Waals surface area (Å²) in [6.07, 6.45) is 4.53. The summed E-state index contributed by atoms with van der Waals surface area (Å²) < 4.78 is 23.9. The first-order valence-electron chi connectivity index (χ1n) is 15.5. The molecule has 2 heterocycles. The predicted molar refractivity (Wildman–Crippen MR) is 179 cm³/mol. The average molecular weight is 656 g/mol. The zero-order valence-electron chi connectivity index (χ0n) is 26.6. The maximum atomic E-state index is 11.8. The number of aliphatic hydroxyl groups excluding tert-OH is 1. The van der Waals surface area contributed by atoms with Crippen LogP contribution in [-0.2, 0) is 18.0 Å². The van der Waals surface area contributed by atoms with Gasteiger partial charge in [-0.1, -0.05) is 41.9 Å². The fraction of sp³-hybridized carbons (Fsp3) is 0.324. The van der Waals surface area contributed by atoms with Crippen LogP contribution in [0.4, 0.5) is 0 Å². The van der Waals surface area contributed by atoms with Crippen LogP contribution in [0.3, 0.4) is 0 Å². The first kappa shape index (κ1) is 33.9. The molecule has 1 aliphatic rings. The molecule has 1 atom stereocenters. The van der Waals surface area contributed by atoms with Crippen molar-refractivity contribution in [1.29, 1.82) is 5.26 Å². The number of ether oxygens (including phenoxy) is 4. The van der Waals surface area contributed by atoms with Crippen LogP contribution in [0, 0.1) is 25.2 Å². The quantitative estimate of drug-likeness (QED) is 0.123.